The summed E-state index contributed by atoms with van der Waals surface area (Å²) in [6, 6.07) is 17.4. The first kappa shape index (κ1) is 23.2. The summed E-state index contributed by atoms with van der Waals surface area (Å²) in [5.41, 5.74) is 2.12. The molecule has 1 saturated heterocycles. The van der Waals surface area contributed by atoms with E-state index in [0.29, 0.717) is 34.7 Å². The fourth-order valence-electron chi connectivity index (χ4n) is 3.94. The zero-order chi connectivity index (χ0) is 22.8. The molecule has 8 heteroatoms. The number of piperazine rings is 1. The van der Waals surface area contributed by atoms with E-state index in [2.05, 4.69) is 4.90 Å². The Morgan fingerprint density at radius 3 is 2.34 bits per heavy atom. The highest BCUT2D eigenvalue weighted by Crippen LogP contribution is 2.37. The molecule has 3 aromatic carbocycles. The van der Waals surface area contributed by atoms with Crippen molar-refractivity contribution in [2.45, 2.75) is 12.5 Å². The zero-order valence-corrected chi connectivity index (χ0v) is 19.9. The first-order chi connectivity index (χ1) is 15.3. The molecule has 0 aromatic heterocycles. The quantitative estimate of drug-likeness (QED) is 0.374. The van der Waals surface area contributed by atoms with Gasteiger partial charge in [-0.05, 0) is 47.5 Å². The minimum atomic E-state index is -0.552. The van der Waals surface area contributed by atoms with Crippen LogP contribution in [0, 0.1) is 5.82 Å². The van der Waals surface area contributed by atoms with E-state index in [1.54, 1.807) is 29.2 Å². The summed E-state index contributed by atoms with van der Waals surface area (Å²) in [6.07, 6.45) is -0.0541. The molecule has 0 bridgehead atoms. The number of amides is 1. The van der Waals surface area contributed by atoms with Crippen molar-refractivity contribution >= 4 is 58.0 Å². The molecule has 1 fully saturated rings. The zero-order valence-electron chi connectivity index (χ0n) is 16.9. The smallest absolute Gasteiger partial charge is 0.227 e. The van der Waals surface area contributed by atoms with E-state index in [4.69, 9.17) is 46.4 Å². The molecule has 3 nitrogen and oxygen atoms in total. The standard InChI is InChI=1S/C24H19Cl4FN2O/c25-17-6-4-15(5-7-17)22-14-30(23(32)12-16-2-1-3-19(27)24(16)29)10-11-31(22)21-9-8-18(26)13-20(21)28/h1-9,13,22H,10-12,14H2. The largest absolute Gasteiger partial charge is 0.360 e. The van der Waals surface area contributed by atoms with Crippen LogP contribution < -0.4 is 4.90 Å². The van der Waals surface area contributed by atoms with Crippen LogP contribution in [-0.4, -0.2) is 30.4 Å². The fraction of sp³-hybridized carbons (Fsp3) is 0.208. The summed E-state index contributed by atoms with van der Waals surface area (Å²) < 4.78 is 14.3. The Morgan fingerprint density at radius 2 is 1.62 bits per heavy atom. The second-order valence-corrected chi connectivity index (χ2v) is 9.27. The number of benzene rings is 3. The molecule has 3 aromatic rings. The van der Waals surface area contributed by atoms with Crippen LogP contribution in [0.15, 0.2) is 60.7 Å². The van der Waals surface area contributed by atoms with Gasteiger partial charge in [-0.2, -0.15) is 0 Å². The maximum Gasteiger partial charge on any atom is 0.227 e. The molecular weight excluding hydrogens is 493 g/mol. The van der Waals surface area contributed by atoms with E-state index >= 15 is 0 Å². The van der Waals surface area contributed by atoms with Crippen molar-refractivity contribution in [1.82, 2.24) is 4.90 Å². The van der Waals surface area contributed by atoms with Crippen molar-refractivity contribution in [2.24, 2.45) is 0 Å². The third-order valence-corrected chi connectivity index (χ3v) is 6.66. The lowest BCUT2D eigenvalue weighted by Gasteiger charge is -2.43. The van der Waals surface area contributed by atoms with Gasteiger partial charge in [-0.25, -0.2) is 4.39 Å². The Morgan fingerprint density at radius 1 is 0.906 bits per heavy atom. The fourth-order valence-corrected chi connectivity index (χ4v) is 4.78. The summed E-state index contributed by atoms with van der Waals surface area (Å²) in [5, 5.41) is 1.73. The second kappa shape index (κ2) is 9.88. The van der Waals surface area contributed by atoms with Crippen molar-refractivity contribution in [3.63, 3.8) is 0 Å². The van der Waals surface area contributed by atoms with E-state index in [0.717, 1.165) is 11.3 Å². The van der Waals surface area contributed by atoms with Crippen molar-refractivity contribution in [3.05, 3.63) is 97.7 Å². The first-order valence-electron chi connectivity index (χ1n) is 10.0. The van der Waals surface area contributed by atoms with Crippen LogP contribution in [0.25, 0.3) is 0 Å². The van der Waals surface area contributed by atoms with Gasteiger partial charge in [-0.3, -0.25) is 4.79 Å². The maximum atomic E-state index is 14.3. The number of carbonyl (C=O) groups is 1. The highest BCUT2D eigenvalue weighted by atomic mass is 35.5. The van der Waals surface area contributed by atoms with Gasteiger partial charge >= 0.3 is 0 Å². The Balaban J connectivity index is 1.61. The minimum absolute atomic E-state index is 0.0107. The van der Waals surface area contributed by atoms with Crippen LogP contribution >= 0.6 is 46.4 Å². The second-order valence-electron chi connectivity index (χ2n) is 7.59. The summed E-state index contributed by atoms with van der Waals surface area (Å²) in [7, 11) is 0. The number of halogens is 5. The molecule has 0 spiro atoms. The molecule has 1 heterocycles. The van der Waals surface area contributed by atoms with Gasteiger partial charge in [0.05, 0.1) is 28.2 Å². The lowest BCUT2D eigenvalue weighted by molar-refractivity contribution is -0.131. The number of rotatable bonds is 4. The Kier molecular flexibility index (Phi) is 7.16. The van der Waals surface area contributed by atoms with E-state index in [9.17, 15) is 9.18 Å². The minimum Gasteiger partial charge on any atom is -0.360 e. The Bertz CT molecular complexity index is 1140. The van der Waals surface area contributed by atoms with Crippen LogP contribution in [0.2, 0.25) is 20.1 Å². The molecule has 4 rings (SSSR count). The number of hydrogen-bond acceptors (Lipinski definition) is 2. The molecule has 1 aliphatic heterocycles. The number of carbonyl (C=O) groups excluding carboxylic acids is 1. The summed E-state index contributed by atoms with van der Waals surface area (Å²) in [4.78, 5) is 17.0. The lowest BCUT2D eigenvalue weighted by atomic mass is 10.0. The number of nitrogens with zero attached hydrogens (tertiary/aromatic N) is 2. The third-order valence-electron chi connectivity index (χ3n) is 5.58. The average molecular weight is 512 g/mol. The van der Waals surface area contributed by atoms with Gasteiger partial charge in [0, 0.05) is 29.7 Å². The predicted molar refractivity (Wildman–Crippen MR) is 130 cm³/mol. The summed E-state index contributed by atoms with van der Waals surface area (Å²) >= 11 is 24.5. The molecule has 1 aliphatic rings. The van der Waals surface area contributed by atoms with E-state index in [1.807, 2.05) is 30.3 Å². The van der Waals surface area contributed by atoms with Gasteiger partial charge in [-0.1, -0.05) is 70.7 Å². The Hall–Kier alpha value is -1.98. The van der Waals surface area contributed by atoms with Gasteiger partial charge < -0.3 is 9.80 Å². The molecule has 0 aliphatic carbocycles. The molecule has 0 radical (unpaired) electrons. The SMILES string of the molecule is O=C(Cc1cccc(Cl)c1F)N1CCN(c2ccc(Cl)cc2Cl)C(c2ccc(Cl)cc2)C1. The highest BCUT2D eigenvalue weighted by Gasteiger charge is 2.32. The van der Waals surface area contributed by atoms with Crippen LogP contribution in [0.3, 0.4) is 0 Å². The lowest BCUT2D eigenvalue weighted by Crippen LogP contribution is -2.51. The van der Waals surface area contributed by atoms with Gasteiger partial charge in [0.15, 0.2) is 0 Å². The third kappa shape index (κ3) is 4.99. The van der Waals surface area contributed by atoms with E-state index in [-0.39, 0.29) is 29.0 Å². The van der Waals surface area contributed by atoms with Crippen molar-refractivity contribution < 1.29 is 9.18 Å². The van der Waals surface area contributed by atoms with Crippen LogP contribution in [0.5, 0.6) is 0 Å². The van der Waals surface area contributed by atoms with E-state index in [1.165, 1.54) is 6.07 Å². The molecule has 0 N–H and O–H groups in total. The molecular formula is C24H19Cl4FN2O. The topological polar surface area (TPSA) is 23.6 Å². The molecule has 1 amide bonds. The molecule has 1 unspecified atom stereocenters. The van der Waals surface area contributed by atoms with Crippen molar-refractivity contribution in [1.29, 1.82) is 0 Å². The van der Waals surface area contributed by atoms with E-state index < -0.39 is 5.82 Å². The number of hydrogen-bond donors (Lipinski definition) is 0. The van der Waals surface area contributed by atoms with Crippen LogP contribution in [0.1, 0.15) is 17.2 Å². The van der Waals surface area contributed by atoms with Crippen molar-refractivity contribution in [2.75, 3.05) is 24.5 Å². The maximum absolute atomic E-state index is 14.3. The first-order valence-corrected chi connectivity index (χ1v) is 11.5. The average Bonchev–Trinajstić information content (AvgIpc) is 2.77. The molecule has 32 heavy (non-hydrogen) atoms. The van der Waals surface area contributed by atoms with Gasteiger partial charge in [0.25, 0.3) is 0 Å². The normalized spacial score (nSPS) is 16.3. The van der Waals surface area contributed by atoms with Gasteiger partial charge in [0.1, 0.15) is 5.82 Å². The van der Waals surface area contributed by atoms with Crippen LogP contribution in [0.4, 0.5) is 10.1 Å². The Labute approximate surface area is 206 Å². The molecule has 166 valence electrons. The highest BCUT2D eigenvalue weighted by molar-refractivity contribution is 6.36. The van der Waals surface area contributed by atoms with Crippen molar-refractivity contribution in [3.8, 4) is 0 Å². The van der Waals surface area contributed by atoms with Crippen LogP contribution in [-0.2, 0) is 11.2 Å². The summed E-state index contributed by atoms with van der Waals surface area (Å²) in [6.45, 7) is 1.45. The molecule has 1 atom stereocenters. The van der Waals surface area contributed by atoms with Gasteiger partial charge in [-0.15, -0.1) is 0 Å². The van der Waals surface area contributed by atoms with Gasteiger partial charge in [0.2, 0.25) is 5.91 Å². The number of anilines is 1. The predicted octanol–water partition coefficient (Wildman–Crippen LogP) is 7.07. The monoisotopic (exact) mass is 510 g/mol. The summed E-state index contributed by atoms with van der Waals surface area (Å²) in [5.74, 6) is -0.713. The molecule has 0 saturated carbocycles.